The Balaban J connectivity index is 1.45. The van der Waals surface area contributed by atoms with Gasteiger partial charge in [0.15, 0.2) is 11.5 Å². The molecule has 0 fully saturated rings. The Morgan fingerprint density at radius 2 is 2.13 bits per heavy atom. The summed E-state index contributed by atoms with van der Waals surface area (Å²) >= 11 is 0. The second-order valence-electron chi connectivity index (χ2n) is 5.80. The van der Waals surface area contributed by atoms with Crippen molar-refractivity contribution >= 4 is 11.7 Å². The highest BCUT2D eigenvalue weighted by Crippen LogP contribution is 2.40. The van der Waals surface area contributed by atoms with Gasteiger partial charge in [0.05, 0.1) is 6.33 Å². The van der Waals surface area contributed by atoms with E-state index in [-0.39, 0.29) is 6.03 Å². The quantitative estimate of drug-likeness (QED) is 0.831. The van der Waals surface area contributed by atoms with E-state index in [2.05, 4.69) is 15.6 Å². The third-order valence-corrected chi connectivity index (χ3v) is 3.35. The number of fused-ring (bicyclic) bond motifs is 1. The highest BCUT2D eigenvalue weighted by atomic mass is 16.7. The molecule has 0 saturated carbocycles. The molecule has 2 N–H and O–H groups in total. The Morgan fingerprint density at radius 3 is 2.91 bits per heavy atom. The zero-order valence-electron chi connectivity index (χ0n) is 13.2. The number of rotatable bonds is 5. The van der Waals surface area contributed by atoms with Crippen LogP contribution in [0.25, 0.3) is 0 Å². The highest BCUT2D eigenvalue weighted by molar-refractivity contribution is 5.89. The van der Waals surface area contributed by atoms with Crippen molar-refractivity contribution in [2.75, 3.05) is 11.9 Å². The molecule has 7 nitrogen and oxygen atoms in total. The first-order valence-corrected chi connectivity index (χ1v) is 7.54. The number of nitrogens with zero attached hydrogens (tertiary/aromatic N) is 2. The molecule has 1 aliphatic rings. The zero-order valence-corrected chi connectivity index (χ0v) is 13.2. The second kappa shape index (κ2) is 6.20. The summed E-state index contributed by atoms with van der Waals surface area (Å²) in [5, 5.41) is 5.61. The third-order valence-electron chi connectivity index (χ3n) is 3.35. The molecule has 2 heterocycles. The molecule has 0 spiro atoms. The fourth-order valence-electron chi connectivity index (χ4n) is 2.36. The molecule has 7 heteroatoms. The highest BCUT2D eigenvalue weighted by Gasteiger charge is 2.31. The van der Waals surface area contributed by atoms with Crippen LogP contribution >= 0.6 is 0 Å². The molecule has 0 saturated heterocycles. The molecule has 1 aliphatic heterocycles. The topological polar surface area (TPSA) is 77.4 Å². The normalized spacial score (nSPS) is 14.5. The largest absolute Gasteiger partial charge is 0.449 e. The maximum Gasteiger partial charge on any atom is 0.319 e. The lowest BCUT2D eigenvalue weighted by molar-refractivity contribution is -0.0431. The lowest BCUT2D eigenvalue weighted by Gasteiger charge is -2.16. The van der Waals surface area contributed by atoms with Crippen LogP contribution in [0.15, 0.2) is 36.9 Å². The molecule has 122 valence electrons. The number of aryl methyl sites for hydroxylation is 1. The maximum absolute atomic E-state index is 11.9. The van der Waals surface area contributed by atoms with Crippen LogP contribution in [0, 0.1) is 0 Å². The minimum Gasteiger partial charge on any atom is -0.449 e. The molecule has 0 unspecified atom stereocenters. The van der Waals surface area contributed by atoms with E-state index in [0.717, 1.165) is 13.0 Å². The number of ether oxygens (including phenoxy) is 2. The summed E-state index contributed by atoms with van der Waals surface area (Å²) in [6, 6.07) is 5.09. The molecule has 23 heavy (non-hydrogen) atoms. The predicted octanol–water partition coefficient (Wildman–Crippen LogP) is 2.60. The molecule has 3 rings (SSSR count). The van der Waals surface area contributed by atoms with Gasteiger partial charge in [0, 0.05) is 51.1 Å². The molecule has 2 amide bonds. The molecule has 0 radical (unpaired) electrons. The molecule has 1 aromatic carbocycles. The van der Waals surface area contributed by atoms with E-state index in [9.17, 15) is 4.79 Å². The SMILES string of the molecule is CC1(C)Oc2ccc(NC(=O)NCCCn3ccnc3)cc2O1. The average molecular weight is 316 g/mol. The van der Waals surface area contributed by atoms with Crippen LogP contribution in [-0.2, 0) is 6.54 Å². The Morgan fingerprint density at radius 1 is 1.30 bits per heavy atom. The first-order chi connectivity index (χ1) is 11.0. The lowest BCUT2D eigenvalue weighted by Crippen LogP contribution is -2.30. The maximum atomic E-state index is 11.9. The lowest BCUT2D eigenvalue weighted by atomic mass is 10.3. The number of benzene rings is 1. The van der Waals surface area contributed by atoms with Gasteiger partial charge in [-0.05, 0) is 18.6 Å². The van der Waals surface area contributed by atoms with Crippen molar-refractivity contribution in [3.05, 3.63) is 36.9 Å². The van der Waals surface area contributed by atoms with E-state index in [1.807, 2.05) is 24.6 Å². The van der Waals surface area contributed by atoms with E-state index in [0.29, 0.717) is 23.7 Å². The van der Waals surface area contributed by atoms with Crippen LogP contribution in [0.2, 0.25) is 0 Å². The molecule has 1 aromatic heterocycles. The summed E-state index contributed by atoms with van der Waals surface area (Å²) in [5.41, 5.74) is 0.664. The summed E-state index contributed by atoms with van der Waals surface area (Å²) < 4.78 is 13.2. The number of hydrogen-bond acceptors (Lipinski definition) is 4. The minimum atomic E-state index is -0.670. The van der Waals surface area contributed by atoms with Crippen molar-refractivity contribution in [2.24, 2.45) is 0 Å². The van der Waals surface area contributed by atoms with Gasteiger partial charge in [0.1, 0.15) is 0 Å². The Bertz CT molecular complexity index is 683. The number of anilines is 1. The van der Waals surface area contributed by atoms with E-state index in [1.54, 1.807) is 30.7 Å². The van der Waals surface area contributed by atoms with Crippen molar-refractivity contribution in [2.45, 2.75) is 32.6 Å². The standard InChI is InChI=1S/C16H20N4O3/c1-16(2)22-13-5-4-12(10-14(13)23-16)19-15(21)18-6-3-8-20-9-7-17-11-20/h4-5,7,9-11H,3,6,8H2,1-2H3,(H2,18,19,21). The minimum absolute atomic E-state index is 0.242. The molecule has 0 aliphatic carbocycles. The summed E-state index contributed by atoms with van der Waals surface area (Å²) in [5.74, 6) is 0.644. The van der Waals surface area contributed by atoms with Crippen LogP contribution in [0.3, 0.4) is 0 Å². The predicted molar refractivity (Wildman–Crippen MR) is 85.6 cm³/mol. The van der Waals surface area contributed by atoms with Crippen LogP contribution < -0.4 is 20.1 Å². The second-order valence-corrected chi connectivity index (χ2v) is 5.80. The van der Waals surface area contributed by atoms with Crippen molar-refractivity contribution in [3.63, 3.8) is 0 Å². The summed E-state index contributed by atoms with van der Waals surface area (Å²) in [7, 11) is 0. The van der Waals surface area contributed by atoms with Gasteiger partial charge >= 0.3 is 6.03 Å². The van der Waals surface area contributed by atoms with Crippen molar-refractivity contribution < 1.29 is 14.3 Å². The smallest absolute Gasteiger partial charge is 0.319 e. The first kappa shape index (κ1) is 15.2. The zero-order chi connectivity index (χ0) is 16.3. The van der Waals surface area contributed by atoms with E-state index in [4.69, 9.17) is 9.47 Å². The molecule has 2 aromatic rings. The summed E-state index contributed by atoms with van der Waals surface area (Å²) in [6.45, 7) is 5.08. The molecule has 0 atom stereocenters. The molecular formula is C16H20N4O3. The van der Waals surface area contributed by atoms with Gasteiger partial charge in [-0.25, -0.2) is 9.78 Å². The number of urea groups is 1. The summed E-state index contributed by atoms with van der Waals surface area (Å²) in [4.78, 5) is 15.9. The van der Waals surface area contributed by atoms with Crippen LogP contribution in [-0.4, -0.2) is 27.9 Å². The van der Waals surface area contributed by atoms with Gasteiger partial charge in [-0.2, -0.15) is 0 Å². The first-order valence-electron chi connectivity index (χ1n) is 7.54. The molecule has 0 bridgehead atoms. The van der Waals surface area contributed by atoms with Crippen molar-refractivity contribution in [3.8, 4) is 11.5 Å². The number of carbonyl (C=O) groups excluding carboxylic acids is 1. The van der Waals surface area contributed by atoms with Gasteiger partial charge in [-0.1, -0.05) is 0 Å². The van der Waals surface area contributed by atoms with Gasteiger partial charge in [0.25, 0.3) is 0 Å². The third kappa shape index (κ3) is 3.94. The number of carbonyl (C=O) groups is 1. The Hall–Kier alpha value is -2.70. The Kier molecular flexibility index (Phi) is 4.10. The average Bonchev–Trinajstić information content (AvgIpc) is 3.09. The monoisotopic (exact) mass is 316 g/mol. The van der Waals surface area contributed by atoms with Crippen molar-refractivity contribution in [1.29, 1.82) is 0 Å². The van der Waals surface area contributed by atoms with Crippen LogP contribution in [0.4, 0.5) is 10.5 Å². The number of amides is 2. The van der Waals surface area contributed by atoms with Gasteiger partial charge in [-0.15, -0.1) is 0 Å². The Labute approximate surface area is 134 Å². The van der Waals surface area contributed by atoms with Crippen molar-refractivity contribution in [1.82, 2.24) is 14.9 Å². The number of aromatic nitrogens is 2. The van der Waals surface area contributed by atoms with Gasteiger partial charge in [0.2, 0.25) is 5.79 Å². The van der Waals surface area contributed by atoms with E-state index in [1.165, 1.54) is 0 Å². The van der Waals surface area contributed by atoms with Gasteiger partial charge < -0.3 is 24.7 Å². The van der Waals surface area contributed by atoms with Crippen LogP contribution in [0.5, 0.6) is 11.5 Å². The number of hydrogen-bond donors (Lipinski definition) is 2. The number of imidazole rings is 1. The van der Waals surface area contributed by atoms with Gasteiger partial charge in [-0.3, -0.25) is 0 Å². The fraction of sp³-hybridized carbons (Fsp3) is 0.375. The number of nitrogens with one attached hydrogen (secondary N) is 2. The fourth-order valence-corrected chi connectivity index (χ4v) is 2.36. The summed E-state index contributed by atoms with van der Waals surface area (Å²) in [6.07, 6.45) is 6.22. The van der Waals surface area contributed by atoms with Crippen LogP contribution in [0.1, 0.15) is 20.3 Å². The molecular weight excluding hydrogens is 296 g/mol. The van der Waals surface area contributed by atoms with E-state index >= 15 is 0 Å². The van der Waals surface area contributed by atoms with E-state index < -0.39 is 5.79 Å².